The minimum absolute atomic E-state index is 0.0545. The Bertz CT molecular complexity index is 718. The van der Waals surface area contributed by atoms with Gasteiger partial charge in [-0.3, -0.25) is 4.79 Å². The molecule has 0 heterocycles. The molecule has 1 saturated carbocycles. The van der Waals surface area contributed by atoms with E-state index >= 15 is 0 Å². The summed E-state index contributed by atoms with van der Waals surface area (Å²) in [5, 5.41) is 24.2. The van der Waals surface area contributed by atoms with Crippen molar-refractivity contribution in [2.24, 2.45) is 5.92 Å². The summed E-state index contributed by atoms with van der Waals surface area (Å²) in [5.41, 5.74) is 0.144. The molecular weight excluding hydrogens is 376 g/mol. The van der Waals surface area contributed by atoms with Gasteiger partial charge in [0.2, 0.25) is 5.91 Å². The van der Waals surface area contributed by atoms with Gasteiger partial charge in [-0.15, -0.1) is 0 Å². The summed E-state index contributed by atoms with van der Waals surface area (Å²) in [5.74, 6) is -1.58. The Morgan fingerprint density at radius 1 is 1.10 bits per heavy atom. The number of carbonyl (C=O) groups excluding carboxylic acids is 2. The highest BCUT2D eigenvalue weighted by Gasteiger charge is 2.30. The SMILES string of the molecule is CC(C)(C)OC(=O)NC1CCC(C(=O)N[C@@H](Cc2ccc(O)cc2)C(=O)O)CC1. The fourth-order valence-electron chi connectivity index (χ4n) is 3.33. The quantitative estimate of drug-likeness (QED) is 0.575. The average Bonchev–Trinajstić information content (AvgIpc) is 2.61. The molecule has 0 aromatic heterocycles. The largest absolute Gasteiger partial charge is 0.508 e. The van der Waals surface area contributed by atoms with E-state index in [0.717, 1.165) is 0 Å². The zero-order chi connectivity index (χ0) is 21.6. The van der Waals surface area contributed by atoms with Crippen LogP contribution in [0.5, 0.6) is 5.75 Å². The van der Waals surface area contributed by atoms with Gasteiger partial charge in [-0.1, -0.05) is 12.1 Å². The van der Waals surface area contributed by atoms with E-state index < -0.39 is 23.7 Å². The molecule has 0 spiro atoms. The van der Waals surface area contributed by atoms with Gasteiger partial charge in [0.25, 0.3) is 0 Å². The second-order valence-electron chi connectivity index (χ2n) is 8.46. The maximum atomic E-state index is 12.5. The highest BCUT2D eigenvalue weighted by Crippen LogP contribution is 2.25. The van der Waals surface area contributed by atoms with Gasteiger partial charge in [0, 0.05) is 18.4 Å². The summed E-state index contributed by atoms with van der Waals surface area (Å²) < 4.78 is 5.25. The lowest BCUT2D eigenvalue weighted by atomic mass is 9.85. The van der Waals surface area contributed by atoms with E-state index in [-0.39, 0.29) is 30.0 Å². The number of aliphatic carboxylic acids is 1. The predicted octanol–water partition coefficient (Wildman–Crippen LogP) is 2.59. The molecule has 2 rings (SSSR count). The van der Waals surface area contributed by atoms with E-state index in [1.807, 2.05) is 0 Å². The topological polar surface area (TPSA) is 125 Å². The third-order valence-corrected chi connectivity index (χ3v) is 4.81. The molecule has 0 saturated heterocycles. The van der Waals surface area contributed by atoms with Crippen LogP contribution in [-0.4, -0.2) is 45.9 Å². The Morgan fingerprint density at radius 3 is 2.21 bits per heavy atom. The zero-order valence-electron chi connectivity index (χ0n) is 17.1. The van der Waals surface area contributed by atoms with Crippen LogP contribution < -0.4 is 10.6 Å². The number of carboxylic acids is 1. The van der Waals surface area contributed by atoms with Gasteiger partial charge >= 0.3 is 12.1 Å². The summed E-state index contributed by atoms with van der Waals surface area (Å²) in [6, 6.07) is 5.13. The van der Waals surface area contributed by atoms with E-state index in [1.165, 1.54) is 12.1 Å². The highest BCUT2D eigenvalue weighted by atomic mass is 16.6. The number of carbonyl (C=O) groups is 3. The molecule has 1 atom stereocenters. The number of aromatic hydroxyl groups is 1. The molecular formula is C21H30N2O6. The molecule has 0 unspecified atom stereocenters. The maximum Gasteiger partial charge on any atom is 0.407 e. The van der Waals surface area contributed by atoms with Crippen LogP contribution in [0.2, 0.25) is 0 Å². The summed E-state index contributed by atoms with van der Waals surface area (Å²) >= 11 is 0. The number of nitrogens with one attached hydrogen (secondary N) is 2. The molecule has 8 heteroatoms. The van der Waals surface area contributed by atoms with E-state index in [0.29, 0.717) is 31.2 Å². The number of hydrogen-bond donors (Lipinski definition) is 4. The first-order valence-corrected chi connectivity index (χ1v) is 9.84. The Hall–Kier alpha value is -2.77. The first-order chi connectivity index (χ1) is 13.5. The van der Waals surface area contributed by atoms with Crippen LogP contribution in [0.1, 0.15) is 52.0 Å². The van der Waals surface area contributed by atoms with Crippen molar-refractivity contribution in [3.05, 3.63) is 29.8 Å². The lowest BCUT2D eigenvalue weighted by Gasteiger charge is -2.30. The van der Waals surface area contributed by atoms with E-state index in [4.69, 9.17) is 4.74 Å². The Kier molecular flexibility index (Phi) is 7.47. The van der Waals surface area contributed by atoms with Crippen LogP contribution >= 0.6 is 0 Å². The molecule has 1 aromatic rings. The van der Waals surface area contributed by atoms with Crippen molar-refractivity contribution in [3.8, 4) is 5.75 Å². The molecule has 8 nitrogen and oxygen atoms in total. The van der Waals surface area contributed by atoms with Gasteiger partial charge in [0.05, 0.1) is 0 Å². The van der Waals surface area contributed by atoms with Gasteiger partial charge < -0.3 is 25.6 Å². The number of amides is 2. The molecule has 1 fully saturated rings. The molecule has 1 aliphatic rings. The van der Waals surface area contributed by atoms with Gasteiger partial charge in [-0.2, -0.15) is 0 Å². The summed E-state index contributed by atoms with van der Waals surface area (Å²) in [4.78, 5) is 36.0. The van der Waals surface area contributed by atoms with Crippen molar-refractivity contribution in [2.45, 2.75) is 70.6 Å². The smallest absolute Gasteiger partial charge is 0.407 e. The lowest BCUT2D eigenvalue weighted by molar-refractivity contribution is -0.142. The van der Waals surface area contributed by atoms with Crippen molar-refractivity contribution >= 4 is 18.0 Å². The molecule has 1 aromatic carbocycles. The van der Waals surface area contributed by atoms with Crippen LogP contribution in [-0.2, 0) is 20.7 Å². The fourth-order valence-corrected chi connectivity index (χ4v) is 3.33. The number of phenolic OH excluding ortho intramolecular Hbond substituents is 1. The van der Waals surface area contributed by atoms with Gasteiger partial charge in [0.15, 0.2) is 0 Å². The van der Waals surface area contributed by atoms with Crippen LogP contribution in [0.4, 0.5) is 4.79 Å². The summed E-state index contributed by atoms with van der Waals surface area (Å²) in [6.45, 7) is 5.39. The normalized spacial score (nSPS) is 20.4. The van der Waals surface area contributed by atoms with Crippen LogP contribution in [0.15, 0.2) is 24.3 Å². The van der Waals surface area contributed by atoms with Gasteiger partial charge in [-0.25, -0.2) is 9.59 Å². The molecule has 2 amide bonds. The first-order valence-electron chi connectivity index (χ1n) is 9.84. The van der Waals surface area contributed by atoms with Crippen LogP contribution in [0.3, 0.4) is 0 Å². The Balaban J connectivity index is 1.83. The Labute approximate surface area is 170 Å². The standard InChI is InChI=1S/C21H30N2O6/c1-21(2,3)29-20(28)22-15-8-6-14(7-9-15)18(25)23-17(19(26)27)12-13-4-10-16(24)11-5-13/h4-5,10-11,14-15,17,24H,6-9,12H2,1-3H3,(H,22,28)(H,23,25)(H,26,27)/t14?,15?,17-/m0/s1. The van der Waals surface area contributed by atoms with Crippen molar-refractivity contribution in [3.63, 3.8) is 0 Å². The predicted molar refractivity (Wildman–Crippen MR) is 106 cm³/mol. The van der Waals surface area contributed by atoms with Gasteiger partial charge in [-0.05, 0) is 64.2 Å². The third-order valence-electron chi connectivity index (χ3n) is 4.81. The molecule has 0 radical (unpaired) electrons. The zero-order valence-corrected chi connectivity index (χ0v) is 17.1. The first kappa shape index (κ1) is 22.5. The minimum Gasteiger partial charge on any atom is -0.508 e. The molecule has 1 aliphatic carbocycles. The summed E-state index contributed by atoms with van der Waals surface area (Å²) in [6.07, 6.45) is 2.07. The fraction of sp³-hybridized carbons (Fsp3) is 0.571. The molecule has 0 aliphatic heterocycles. The monoisotopic (exact) mass is 406 g/mol. The number of phenols is 1. The molecule has 4 N–H and O–H groups in total. The minimum atomic E-state index is -1.10. The number of alkyl carbamates (subject to hydrolysis) is 1. The van der Waals surface area contributed by atoms with E-state index in [1.54, 1.807) is 32.9 Å². The van der Waals surface area contributed by atoms with Crippen molar-refractivity contribution in [2.75, 3.05) is 0 Å². The molecule has 0 bridgehead atoms. The van der Waals surface area contributed by atoms with Gasteiger partial charge in [0.1, 0.15) is 17.4 Å². The maximum absolute atomic E-state index is 12.5. The van der Waals surface area contributed by atoms with Crippen LogP contribution in [0.25, 0.3) is 0 Å². The van der Waals surface area contributed by atoms with Crippen molar-refractivity contribution < 1.29 is 29.3 Å². The third kappa shape index (κ3) is 7.63. The number of benzene rings is 1. The number of hydrogen-bond acceptors (Lipinski definition) is 5. The average molecular weight is 406 g/mol. The molecule has 160 valence electrons. The van der Waals surface area contributed by atoms with Crippen molar-refractivity contribution in [1.29, 1.82) is 0 Å². The summed E-state index contributed by atoms with van der Waals surface area (Å²) in [7, 11) is 0. The highest BCUT2D eigenvalue weighted by molar-refractivity contribution is 5.85. The van der Waals surface area contributed by atoms with E-state index in [2.05, 4.69) is 10.6 Å². The van der Waals surface area contributed by atoms with Crippen molar-refractivity contribution in [1.82, 2.24) is 10.6 Å². The van der Waals surface area contributed by atoms with E-state index in [9.17, 15) is 24.6 Å². The number of carboxylic acid groups (broad SMARTS) is 1. The number of rotatable bonds is 6. The molecule has 29 heavy (non-hydrogen) atoms. The Morgan fingerprint density at radius 2 is 1.69 bits per heavy atom. The lowest BCUT2D eigenvalue weighted by Crippen LogP contribution is -2.47. The second-order valence-corrected chi connectivity index (χ2v) is 8.46. The van der Waals surface area contributed by atoms with Crippen LogP contribution in [0, 0.1) is 5.92 Å². The number of ether oxygens (including phenoxy) is 1. The second kappa shape index (κ2) is 9.62.